The van der Waals surface area contributed by atoms with Crippen LogP contribution < -0.4 is 0 Å². The summed E-state index contributed by atoms with van der Waals surface area (Å²) in [7, 11) is -1.90. The molecular weight excluding hydrogens is 360 g/mol. The molecule has 1 aromatic heterocycles. The minimum absolute atomic E-state index is 0.0796. The molecule has 1 unspecified atom stereocenters. The van der Waals surface area contributed by atoms with Crippen LogP contribution in [0.15, 0.2) is 29.4 Å². The third-order valence-corrected chi connectivity index (χ3v) is 4.51. The van der Waals surface area contributed by atoms with Crippen molar-refractivity contribution in [1.29, 1.82) is 0 Å². The van der Waals surface area contributed by atoms with E-state index in [1.807, 2.05) is 0 Å². The van der Waals surface area contributed by atoms with Crippen LogP contribution in [-0.4, -0.2) is 14.2 Å². The van der Waals surface area contributed by atoms with Crippen LogP contribution in [0.5, 0.6) is 0 Å². The van der Waals surface area contributed by atoms with Crippen molar-refractivity contribution in [3.63, 3.8) is 0 Å². The second-order valence-corrected chi connectivity index (χ2v) is 6.52. The molecule has 22 heavy (non-hydrogen) atoms. The van der Waals surface area contributed by atoms with Gasteiger partial charge in [0.05, 0.1) is 16.6 Å². The van der Waals surface area contributed by atoms with E-state index in [4.69, 9.17) is 23.2 Å². The number of rotatable bonds is 3. The van der Waals surface area contributed by atoms with E-state index in [2.05, 4.69) is 9.97 Å². The molecule has 0 saturated carbocycles. The highest BCUT2D eigenvalue weighted by Crippen LogP contribution is 2.29. The third kappa shape index (κ3) is 3.97. The van der Waals surface area contributed by atoms with Crippen LogP contribution in [0.3, 0.4) is 0 Å². The maximum Gasteiger partial charge on any atom is 0.433 e. The minimum Gasteiger partial charge on any atom is -0.251 e. The Morgan fingerprint density at radius 2 is 1.77 bits per heavy atom. The van der Waals surface area contributed by atoms with Crippen molar-refractivity contribution < 1.29 is 17.4 Å². The van der Waals surface area contributed by atoms with Gasteiger partial charge in [-0.3, -0.25) is 4.21 Å². The summed E-state index contributed by atoms with van der Waals surface area (Å²) in [5, 5.41) is 0.164. The molecule has 0 radical (unpaired) electrons. The van der Waals surface area contributed by atoms with Gasteiger partial charge in [0.2, 0.25) is 5.16 Å². The predicted octanol–water partition coefficient (Wildman–Crippen LogP) is 4.42. The smallest absolute Gasteiger partial charge is 0.251 e. The molecule has 0 spiro atoms. The van der Waals surface area contributed by atoms with Crippen molar-refractivity contribution in [2.75, 3.05) is 0 Å². The minimum atomic E-state index is -4.63. The maximum absolute atomic E-state index is 12.7. The lowest BCUT2D eigenvalue weighted by molar-refractivity contribution is -0.141. The van der Waals surface area contributed by atoms with Crippen molar-refractivity contribution >= 4 is 34.0 Å². The van der Waals surface area contributed by atoms with Gasteiger partial charge in [0.1, 0.15) is 5.69 Å². The zero-order chi connectivity index (χ0) is 16.5. The number of hydrogen-bond acceptors (Lipinski definition) is 3. The summed E-state index contributed by atoms with van der Waals surface area (Å²) < 4.78 is 50.5. The number of alkyl halides is 3. The number of halogens is 5. The van der Waals surface area contributed by atoms with Crippen molar-refractivity contribution in [3.8, 4) is 0 Å². The highest BCUT2D eigenvalue weighted by atomic mass is 35.5. The molecule has 0 aliphatic rings. The molecule has 2 aromatic rings. The summed E-state index contributed by atoms with van der Waals surface area (Å²) in [5.41, 5.74) is -0.674. The Hall–Kier alpha value is -1.18. The first-order valence-corrected chi connectivity index (χ1v) is 8.00. The van der Waals surface area contributed by atoms with Gasteiger partial charge >= 0.3 is 6.18 Å². The molecule has 0 amide bonds. The Balaban J connectivity index is 2.36. The van der Waals surface area contributed by atoms with Crippen LogP contribution in [0, 0.1) is 6.92 Å². The van der Waals surface area contributed by atoms with Crippen molar-refractivity contribution in [2.24, 2.45) is 0 Å². The quantitative estimate of drug-likeness (QED) is 0.753. The first-order valence-electron chi connectivity index (χ1n) is 5.92. The molecule has 1 aromatic carbocycles. The molecule has 9 heteroatoms. The Labute approximate surface area is 137 Å². The fourth-order valence-electron chi connectivity index (χ4n) is 1.65. The summed E-state index contributed by atoms with van der Waals surface area (Å²) in [6, 6.07) is 5.52. The van der Waals surface area contributed by atoms with Crippen LogP contribution in [0.4, 0.5) is 13.2 Å². The second kappa shape index (κ2) is 6.52. The third-order valence-electron chi connectivity index (χ3n) is 2.66. The predicted molar refractivity (Wildman–Crippen MR) is 78.3 cm³/mol. The number of aryl methyl sites for hydroxylation is 1. The van der Waals surface area contributed by atoms with E-state index in [9.17, 15) is 17.4 Å². The summed E-state index contributed by atoms with van der Waals surface area (Å²) in [4.78, 5) is 7.14. The van der Waals surface area contributed by atoms with Gasteiger partial charge in [0.25, 0.3) is 0 Å². The molecule has 2 rings (SSSR count). The van der Waals surface area contributed by atoms with Gasteiger partial charge in [0.15, 0.2) is 0 Å². The summed E-state index contributed by atoms with van der Waals surface area (Å²) in [6.07, 6.45) is -4.63. The second-order valence-electron chi connectivity index (χ2n) is 4.36. The molecule has 0 fully saturated rings. The average Bonchev–Trinajstić information content (AvgIpc) is 2.41. The lowest BCUT2D eigenvalue weighted by Gasteiger charge is -2.10. The van der Waals surface area contributed by atoms with Crippen molar-refractivity contribution in [3.05, 3.63) is 51.3 Å². The molecule has 0 saturated heterocycles. The van der Waals surface area contributed by atoms with Crippen LogP contribution >= 0.6 is 23.2 Å². The number of aromatic nitrogens is 2. The first-order chi connectivity index (χ1) is 10.2. The van der Waals surface area contributed by atoms with E-state index in [1.165, 1.54) is 6.92 Å². The fourth-order valence-corrected chi connectivity index (χ4v) is 3.49. The van der Waals surface area contributed by atoms with E-state index < -0.39 is 27.8 Å². The van der Waals surface area contributed by atoms with Crippen LogP contribution in [0.2, 0.25) is 10.0 Å². The molecule has 1 atom stereocenters. The van der Waals surface area contributed by atoms with Crippen LogP contribution in [0.1, 0.15) is 17.0 Å². The van der Waals surface area contributed by atoms with Crippen LogP contribution in [0.25, 0.3) is 0 Å². The number of benzene rings is 1. The van der Waals surface area contributed by atoms with Crippen LogP contribution in [-0.2, 0) is 22.7 Å². The van der Waals surface area contributed by atoms with Crippen molar-refractivity contribution in [1.82, 2.24) is 9.97 Å². The van der Waals surface area contributed by atoms with Gasteiger partial charge < -0.3 is 0 Å². The van der Waals surface area contributed by atoms with E-state index in [-0.39, 0.29) is 21.5 Å². The molecule has 0 bridgehead atoms. The molecule has 3 nitrogen and oxygen atoms in total. The molecule has 118 valence electrons. The highest BCUT2D eigenvalue weighted by molar-refractivity contribution is 7.84. The lowest BCUT2D eigenvalue weighted by Crippen LogP contribution is -2.13. The molecule has 1 heterocycles. The standard InChI is InChI=1S/C13H9Cl2F3N2OS/c1-7-5-11(13(16,17)18)20-12(19-7)22(21)6-8-9(14)3-2-4-10(8)15/h2-5H,6H2,1H3. The fraction of sp³-hybridized carbons (Fsp3) is 0.231. The largest absolute Gasteiger partial charge is 0.433 e. The monoisotopic (exact) mass is 368 g/mol. The Bertz CT molecular complexity index is 717. The highest BCUT2D eigenvalue weighted by Gasteiger charge is 2.34. The van der Waals surface area contributed by atoms with Gasteiger partial charge in [-0.05, 0) is 25.1 Å². The maximum atomic E-state index is 12.7. The zero-order valence-corrected chi connectivity index (χ0v) is 13.4. The van der Waals surface area contributed by atoms with Gasteiger partial charge in [-0.1, -0.05) is 29.3 Å². The van der Waals surface area contributed by atoms with E-state index in [1.54, 1.807) is 18.2 Å². The summed E-state index contributed by atoms with van der Waals surface area (Å²) in [5.74, 6) is -0.167. The zero-order valence-electron chi connectivity index (χ0n) is 11.1. The van der Waals surface area contributed by atoms with Gasteiger partial charge in [-0.25, -0.2) is 9.97 Å². The Morgan fingerprint density at radius 3 is 2.32 bits per heavy atom. The molecular formula is C13H9Cl2F3N2OS. The van der Waals surface area contributed by atoms with Gasteiger partial charge in [0, 0.05) is 21.3 Å². The van der Waals surface area contributed by atoms with Gasteiger partial charge in [-0.15, -0.1) is 0 Å². The average molecular weight is 369 g/mol. The lowest BCUT2D eigenvalue weighted by atomic mass is 10.2. The van der Waals surface area contributed by atoms with Gasteiger partial charge in [-0.2, -0.15) is 13.2 Å². The normalized spacial score (nSPS) is 13.2. The Morgan fingerprint density at radius 1 is 1.18 bits per heavy atom. The SMILES string of the molecule is Cc1cc(C(F)(F)F)nc(S(=O)Cc2c(Cl)cccc2Cl)n1. The first kappa shape index (κ1) is 17.2. The van der Waals surface area contributed by atoms with Crippen molar-refractivity contribution in [2.45, 2.75) is 24.0 Å². The summed E-state index contributed by atoms with van der Waals surface area (Å²) >= 11 is 11.9. The number of hydrogen-bond donors (Lipinski definition) is 0. The summed E-state index contributed by atoms with van der Waals surface area (Å²) in [6.45, 7) is 1.38. The molecule has 0 N–H and O–H groups in total. The Kier molecular flexibility index (Phi) is 5.09. The van der Waals surface area contributed by atoms with E-state index in [0.717, 1.165) is 6.07 Å². The topological polar surface area (TPSA) is 42.9 Å². The molecule has 0 aliphatic heterocycles. The van der Waals surface area contributed by atoms with E-state index >= 15 is 0 Å². The molecule has 0 aliphatic carbocycles. The van der Waals surface area contributed by atoms with E-state index in [0.29, 0.717) is 5.56 Å². The number of nitrogens with zero attached hydrogens (tertiary/aromatic N) is 2.